The van der Waals surface area contributed by atoms with E-state index in [1.807, 2.05) is 35.7 Å². The molecule has 0 atom stereocenters. The molecule has 0 unspecified atom stereocenters. The number of nitrogens with one attached hydrogen (secondary N) is 1. The van der Waals surface area contributed by atoms with E-state index >= 15 is 0 Å². The third kappa shape index (κ3) is 3.03. The fourth-order valence-corrected chi connectivity index (χ4v) is 2.29. The van der Waals surface area contributed by atoms with E-state index in [1.165, 1.54) is 5.56 Å². The van der Waals surface area contributed by atoms with Crippen LogP contribution in [0.1, 0.15) is 16.8 Å². The van der Waals surface area contributed by atoms with Crippen LogP contribution in [-0.2, 0) is 17.9 Å². The van der Waals surface area contributed by atoms with Crippen molar-refractivity contribution >= 4 is 11.6 Å². The molecule has 0 aliphatic heterocycles. The number of aryl methyl sites for hydroxylation is 1. The second-order valence-electron chi connectivity index (χ2n) is 4.98. The van der Waals surface area contributed by atoms with Crippen molar-refractivity contribution in [1.29, 1.82) is 0 Å². The SMILES string of the molecule is COCc1cccc(CNc2nc3cccc(C)n3n2)c1. The molecule has 2 aromatic heterocycles. The summed E-state index contributed by atoms with van der Waals surface area (Å²) in [5, 5.41) is 7.72. The maximum Gasteiger partial charge on any atom is 0.243 e. The molecule has 0 saturated carbocycles. The quantitative estimate of drug-likeness (QED) is 0.782. The maximum absolute atomic E-state index is 5.15. The number of nitrogens with zero attached hydrogens (tertiary/aromatic N) is 3. The number of hydrogen-bond acceptors (Lipinski definition) is 4. The smallest absolute Gasteiger partial charge is 0.243 e. The Labute approximate surface area is 123 Å². The van der Waals surface area contributed by atoms with Crippen molar-refractivity contribution in [2.45, 2.75) is 20.1 Å². The molecule has 2 heterocycles. The van der Waals surface area contributed by atoms with Gasteiger partial charge in [0.25, 0.3) is 0 Å². The van der Waals surface area contributed by atoms with Crippen LogP contribution in [0.2, 0.25) is 0 Å². The van der Waals surface area contributed by atoms with Gasteiger partial charge in [0.1, 0.15) is 0 Å². The molecule has 0 amide bonds. The van der Waals surface area contributed by atoms with Crippen molar-refractivity contribution in [2.75, 3.05) is 12.4 Å². The number of methoxy groups -OCH3 is 1. The first-order valence-electron chi connectivity index (χ1n) is 6.89. The Bertz CT molecular complexity index is 751. The van der Waals surface area contributed by atoms with Crippen molar-refractivity contribution < 1.29 is 4.74 Å². The molecule has 3 aromatic rings. The van der Waals surface area contributed by atoms with Crippen LogP contribution in [0.3, 0.4) is 0 Å². The zero-order valence-corrected chi connectivity index (χ0v) is 12.2. The summed E-state index contributed by atoms with van der Waals surface area (Å²) in [5.41, 5.74) is 4.26. The summed E-state index contributed by atoms with van der Waals surface area (Å²) < 4.78 is 6.99. The zero-order valence-electron chi connectivity index (χ0n) is 12.2. The highest BCUT2D eigenvalue weighted by Gasteiger charge is 2.04. The van der Waals surface area contributed by atoms with E-state index in [9.17, 15) is 0 Å². The van der Waals surface area contributed by atoms with Crippen molar-refractivity contribution in [3.63, 3.8) is 0 Å². The van der Waals surface area contributed by atoms with Crippen LogP contribution in [0, 0.1) is 6.92 Å². The molecule has 0 fully saturated rings. The van der Waals surface area contributed by atoms with Gasteiger partial charge in [-0.15, -0.1) is 5.10 Å². The zero-order chi connectivity index (χ0) is 14.7. The molecule has 1 aromatic carbocycles. The lowest BCUT2D eigenvalue weighted by Gasteiger charge is -2.05. The molecule has 0 radical (unpaired) electrons. The number of rotatable bonds is 5. The van der Waals surface area contributed by atoms with Gasteiger partial charge in [0.2, 0.25) is 5.95 Å². The fraction of sp³-hybridized carbons (Fsp3) is 0.250. The maximum atomic E-state index is 5.15. The minimum Gasteiger partial charge on any atom is -0.380 e. The average Bonchev–Trinajstić information content (AvgIpc) is 2.91. The number of fused-ring (bicyclic) bond motifs is 1. The number of ether oxygens (including phenoxy) is 1. The molecule has 0 spiro atoms. The van der Waals surface area contributed by atoms with Gasteiger partial charge >= 0.3 is 0 Å². The number of benzene rings is 1. The number of anilines is 1. The molecule has 5 nitrogen and oxygen atoms in total. The van der Waals surface area contributed by atoms with Gasteiger partial charge in [-0.1, -0.05) is 30.3 Å². The van der Waals surface area contributed by atoms with Crippen molar-refractivity contribution in [2.24, 2.45) is 0 Å². The van der Waals surface area contributed by atoms with E-state index < -0.39 is 0 Å². The van der Waals surface area contributed by atoms with Crippen LogP contribution in [0.25, 0.3) is 5.65 Å². The van der Waals surface area contributed by atoms with Crippen molar-refractivity contribution in [3.05, 3.63) is 59.3 Å². The second-order valence-corrected chi connectivity index (χ2v) is 4.98. The van der Waals surface area contributed by atoms with E-state index in [-0.39, 0.29) is 0 Å². The summed E-state index contributed by atoms with van der Waals surface area (Å²) in [7, 11) is 1.70. The minimum absolute atomic E-state index is 0.625. The Hall–Kier alpha value is -2.40. The molecular formula is C16H18N4O. The molecule has 21 heavy (non-hydrogen) atoms. The standard InChI is InChI=1S/C16H18N4O/c1-12-5-3-8-15-18-16(19-20(12)15)17-10-13-6-4-7-14(9-13)11-21-2/h3-9H,10-11H2,1-2H3,(H,17,19). The summed E-state index contributed by atoms with van der Waals surface area (Å²) in [6, 6.07) is 14.2. The summed E-state index contributed by atoms with van der Waals surface area (Å²) in [5.74, 6) is 0.640. The second kappa shape index (κ2) is 5.93. The van der Waals surface area contributed by atoms with Gasteiger partial charge in [0, 0.05) is 19.3 Å². The summed E-state index contributed by atoms with van der Waals surface area (Å²) >= 11 is 0. The van der Waals surface area contributed by atoms with Crippen molar-refractivity contribution in [3.8, 4) is 0 Å². The lowest BCUT2D eigenvalue weighted by molar-refractivity contribution is 0.185. The highest BCUT2D eigenvalue weighted by atomic mass is 16.5. The molecule has 0 saturated heterocycles. The number of pyridine rings is 1. The first-order valence-corrected chi connectivity index (χ1v) is 6.89. The molecule has 0 aliphatic rings. The van der Waals surface area contributed by atoms with Gasteiger partial charge in [-0.05, 0) is 30.2 Å². The Balaban J connectivity index is 1.74. The summed E-state index contributed by atoms with van der Waals surface area (Å²) in [4.78, 5) is 4.46. The van der Waals surface area contributed by atoms with Gasteiger partial charge in [0.05, 0.1) is 6.61 Å². The Morgan fingerprint density at radius 1 is 1.14 bits per heavy atom. The third-order valence-electron chi connectivity index (χ3n) is 3.30. The van der Waals surface area contributed by atoms with Crippen LogP contribution >= 0.6 is 0 Å². The molecule has 0 bridgehead atoms. The predicted octanol–water partition coefficient (Wildman–Crippen LogP) is 2.80. The molecule has 5 heteroatoms. The lowest BCUT2D eigenvalue weighted by Crippen LogP contribution is -2.02. The third-order valence-corrected chi connectivity index (χ3v) is 3.30. The predicted molar refractivity (Wildman–Crippen MR) is 82.2 cm³/mol. The fourth-order valence-electron chi connectivity index (χ4n) is 2.29. The van der Waals surface area contributed by atoms with Gasteiger partial charge in [-0.3, -0.25) is 0 Å². The van der Waals surface area contributed by atoms with E-state index in [1.54, 1.807) is 7.11 Å². The van der Waals surface area contributed by atoms with E-state index in [4.69, 9.17) is 4.74 Å². The van der Waals surface area contributed by atoms with E-state index in [2.05, 4.69) is 33.6 Å². The van der Waals surface area contributed by atoms with Gasteiger partial charge < -0.3 is 10.1 Å². The van der Waals surface area contributed by atoms with Crippen LogP contribution in [0.15, 0.2) is 42.5 Å². The largest absolute Gasteiger partial charge is 0.380 e. The van der Waals surface area contributed by atoms with Crippen molar-refractivity contribution in [1.82, 2.24) is 14.6 Å². The van der Waals surface area contributed by atoms with Gasteiger partial charge in [0.15, 0.2) is 5.65 Å². The molecular weight excluding hydrogens is 264 g/mol. The average molecular weight is 282 g/mol. The first-order chi connectivity index (χ1) is 10.3. The minimum atomic E-state index is 0.625. The lowest BCUT2D eigenvalue weighted by atomic mass is 10.1. The number of aromatic nitrogens is 3. The van der Waals surface area contributed by atoms with Crippen LogP contribution in [-0.4, -0.2) is 21.7 Å². The molecule has 108 valence electrons. The highest BCUT2D eigenvalue weighted by molar-refractivity contribution is 5.44. The van der Waals surface area contributed by atoms with E-state index in [0.29, 0.717) is 19.1 Å². The highest BCUT2D eigenvalue weighted by Crippen LogP contribution is 2.11. The molecule has 3 rings (SSSR count). The van der Waals surface area contributed by atoms with Gasteiger partial charge in [-0.25, -0.2) is 4.52 Å². The topological polar surface area (TPSA) is 51.5 Å². The van der Waals surface area contributed by atoms with Crippen LogP contribution in [0.5, 0.6) is 0 Å². The van der Waals surface area contributed by atoms with Gasteiger partial charge in [-0.2, -0.15) is 4.98 Å². The Morgan fingerprint density at radius 3 is 2.76 bits per heavy atom. The monoisotopic (exact) mass is 282 g/mol. The van der Waals surface area contributed by atoms with E-state index in [0.717, 1.165) is 16.9 Å². The normalized spacial score (nSPS) is 11.0. The van der Waals surface area contributed by atoms with Crippen LogP contribution in [0.4, 0.5) is 5.95 Å². The molecule has 1 N–H and O–H groups in total. The summed E-state index contributed by atoms with van der Waals surface area (Å²) in [6.45, 7) is 3.33. The first kappa shape index (κ1) is 13.6. The molecule has 0 aliphatic carbocycles. The van der Waals surface area contributed by atoms with Crippen LogP contribution < -0.4 is 5.32 Å². The number of hydrogen-bond donors (Lipinski definition) is 1. The Morgan fingerprint density at radius 2 is 1.95 bits per heavy atom. The Kier molecular flexibility index (Phi) is 3.83. The summed E-state index contributed by atoms with van der Waals surface area (Å²) in [6.07, 6.45) is 0.